The molecule has 1 aliphatic carbocycles. The standard InChI is InChI=1S/C28H27N3O6S/c32-26(31-25(28(34)35)16-38(36,37)15-18-4-5-18)12-17-6-8-19(9-7-17)21-2-1-3-22(27(21)33)23-13-20-10-11-29-14-24(20)30-23/h1-3,6-11,13-14,18,25,30,33H,4-5,12,15-16H2,(H,31,32)(H,34,35). The predicted octanol–water partition coefficient (Wildman–Crippen LogP) is 3.54. The van der Waals surface area contributed by atoms with E-state index in [4.69, 9.17) is 0 Å². The molecule has 4 aromatic rings. The molecule has 1 atom stereocenters. The monoisotopic (exact) mass is 533 g/mol. The summed E-state index contributed by atoms with van der Waals surface area (Å²) < 4.78 is 24.5. The van der Waals surface area contributed by atoms with E-state index in [1.807, 2.05) is 24.3 Å². The summed E-state index contributed by atoms with van der Waals surface area (Å²) in [5, 5.41) is 23.8. The smallest absolute Gasteiger partial charge is 0.327 e. The number of benzene rings is 2. The van der Waals surface area contributed by atoms with Crippen molar-refractivity contribution in [3.8, 4) is 28.1 Å². The molecule has 1 saturated carbocycles. The normalized spacial score (nSPS) is 14.3. The van der Waals surface area contributed by atoms with Crippen molar-refractivity contribution in [2.24, 2.45) is 5.92 Å². The van der Waals surface area contributed by atoms with E-state index in [0.717, 1.165) is 35.0 Å². The Morgan fingerprint density at radius 3 is 2.50 bits per heavy atom. The molecule has 196 valence electrons. The molecular weight excluding hydrogens is 506 g/mol. The van der Waals surface area contributed by atoms with Gasteiger partial charge in [-0.05, 0) is 48.1 Å². The lowest BCUT2D eigenvalue weighted by molar-refractivity contribution is -0.141. The average Bonchev–Trinajstić information content (AvgIpc) is 3.57. The van der Waals surface area contributed by atoms with Gasteiger partial charge >= 0.3 is 5.97 Å². The van der Waals surface area contributed by atoms with Gasteiger partial charge in [0.15, 0.2) is 9.84 Å². The summed E-state index contributed by atoms with van der Waals surface area (Å²) >= 11 is 0. The third-order valence-electron chi connectivity index (χ3n) is 6.62. The number of nitrogens with one attached hydrogen (secondary N) is 2. The van der Waals surface area contributed by atoms with Crippen molar-refractivity contribution < 1.29 is 28.2 Å². The van der Waals surface area contributed by atoms with Crippen LogP contribution in [0.4, 0.5) is 0 Å². The fourth-order valence-electron chi connectivity index (χ4n) is 4.48. The first-order chi connectivity index (χ1) is 18.2. The van der Waals surface area contributed by atoms with Crippen molar-refractivity contribution in [3.05, 3.63) is 72.6 Å². The molecular formula is C28H27N3O6S. The van der Waals surface area contributed by atoms with E-state index in [-0.39, 0.29) is 23.8 Å². The zero-order chi connectivity index (χ0) is 26.9. The van der Waals surface area contributed by atoms with Gasteiger partial charge in [-0.25, -0.2) is 13.2 Å². The summed E-state index contributed by atoms with van der Waals surface area (Å²) in [5.74, 6) is -2.41. The number of fused-ring (bicyclic) bond motifs is 1. The number of para-hydroxylation sites is 1. The Morgan fingerprint density at radius 1 is 1.08 bits per heavy atom. The second kappa shape index (κ2) is 10.3. The summed E-state index contributed by atoms with van der Waals surface area (Å²) in [5.41, 5.74) is 4.23. The number of aliphatic carboxylic acids is 1. The van der Waals surface area contributed by atoms with Crippen LogP contribution in [-0.4, -0.2) is 58.0 Å². The van der Waals surface area contributed by atoms with Crippen LogP contribution in [0.15, 0.2) is 67.0 Å². The van der Waals surface area contributed by atoms with Crippen LogP contribution >= 0.6 is 0 Å². The van der Waals surface area contributed by atoms with Gasteiger partial charge in [-0.3, -0.25) is 9.78 Å². The molecule has 9 nitrogen and oxygen atoms in total. The van der Waals surface area contributed by atoms with E-state index >= 15 is 0 Å². The van der Waals surface area contributed by atoms with Gasteiger partial charge in [0.05, 0.1) is 35.3 Å². The van der Waals surface area contributed by atoms with Gasteiger partial charge in [0.2, 0.25) is 5.91 Å². The molecule has 2 aromatic heterocycles. The van der Waals surface area contributed by atoms with Crippen molar-refractivity contribution in [1.29, 1.82) is 0 Å². The second-order valence-electron chi connectivity index (χ2n) is 9.70. The number of carboxylic acids is 1. The number of rotatable bonds is 10. The summed E-state index contributed by atoms with van der Waals surface area (Å²) in [6.45, 7) is 0. The average molecular weight is 534 g/mol. The number of nitrogens with zero attached hydrogens (tertiary/aromatic N) is 1. The number of hydrogen-bond donors (Lipinski definition) is 4. The highest BCUT2D eigenvalue weighted by atomic mass is 32.2. The fourth-order valence-corrected chi connectivity index (χ4v) is 6.41. The lowest BCUT2D eigenvalue weighted by atomic mass is 9.98. The number of phenolic OH excluding ortho intramolecular Hbond substituents is 1. The van der Waals surface area contributed by atoms with Crippen LogP contribution in [0.2, 0.25) is 0 Å². The predicted molar refractivity (Wildman–Crippen MR) is 143 cm³/mol. The molecule has 0 aliphatic heterocycles. The third kappa shape index (κ3) is 5.86. The van der Waals surface area contributed by atoms with E-state index in [0.29, 0.717) is 16.7 Å². The summed E-state index contributed by atoms with van der Waals surface area (Å²) in [4.78, 5) is 31.5. The number of phenols is 1. The number of hydrogen-bond acceptors (Lipinski definition) is 6. The number of carbonyl (C=O) groups is 2. The summed E-state index contributed by atoms with van der Waals surface area (Å²) in [7, 11) is -3.58. The number of sulfone groups is 1. The fraction of sp³-hybridized carbons (Fsp3) is 0.250. The van der Waals surface area contributed by atoms with Crippen LogP contribution < -0.4 is 5.32 Å². The number of H-pyrrole nitrogens is 1. The first kappa shape index (κ1) is 25.5. The molecule has 1 aliphatic rings. The van der Waals surface area contributed by atoms with E-state index in [1.165, 1.54) is 0 Å². The minimum Gasteiger partial charge on any atom is -0.507 e. The Hall–Kier alpha value is -4.18. The van der Waals surface area contributed by atoms with Crippen molar-refractivity contribution in [2.45, 2.75) is 25.3 Å². The van der Waals surface area contributed by atoms with Gasteiger partial charge < -0.3 is 20.5 Å². The minimum absolute atomic E-state index is 0.0420. The number of carbonyl (C=O) groups excluding carboxylic acids is 1. The quantitative estimate of drug-likeness (QED) is 0.244. The highest BCUT2D eigenvalue weighted by Crippen LogP contribution is 2.38. The van der Waals surface area contributed by atoms with Crippen LogP contribution in [0, 0.1) is 5.92 Å². The minimum atomic E-state index is -3.58. The number of aromatic nitrogens is 2. The number of pyridine rings is 1. The Kier molecular flexibility index (Phi) is 6.90. The van der Waals surface area contributed by atoms with Crippen LogP contribution in [-0.2, 0) is 25.8 Å². The highest BCUT2D eigenvalue weighted by molar-refractivity contribution is 7.91. The zero-order valence-electron chi connectivity index (χ0n) is 20.4. The Labute approximate surface area is 219 Å². The van der Waals surface area contributed by atoms with Gasteiger partial charge in [-0.2, -0.15) is 0 Å². The maximum Gasteiger partial charge on any atom is 0.327 e. The van der Waals surface area contributed by atoms with E-state index in [1.54, 1.807) is 42.7 Å². The summed E-state index contributed by atoms with van der Waals surface area (Å²) in [6, 6.07) is 14.8. The van der Waals surface area contributed by atoms with Crippen molar-refractivity contribution in [3.63, 3.8) is 0 Å². The number of amides is 1. The van der Waals surface area contributed by atoms with Crippen LogP contribution in [0.3, 0.4) is 0 Å². The summed E-state index contributed by atoms with van der Waals surface area (Å²) in [6.07, 6.45) is 4.99. The Balaban J connectivity index is 1.27. The SMILES string of the molecule is O=C(Cc1ccc(-c2cccc(-c3cc4ccncc4[nH]3)c2O)cc1)NC(CS(=O)(=O)CC1CC1)C(=O)O. The molecule has 1 fully saturated rings. The Morgan fingerprint density at radius 2 is 1.82 bits per heavy atom. The molecule has 38 heavy (non-hydrogen) atoms. The lowest BCUT2D eigenvalue weighted by Crippen LogP contribution is -2.46. The third-order valence-corrected chi connectivity index (χ3v) is 8.44. The van der Waals surface area contributed by atoms with Gasteiger partial charge in [0, 0.05) is 22.7 Å². The van der Waals surface area contributed by atoms with Crippen LogP contribution in [0.5, 0.6) is 5.75 Å². The van der Waals surface area contributed by atoms with Gasteiger partial charge in [0.25, 0.3) is 0 Å². The topological polar surface area (TPSA) is 149 Å². The highest BCUT2D eigenvalue weighted by Gasteiger charge is 2.32. The first-order valence-electron chi connectivity index (χ1n) is 12.3. The van der Waals surface area contributed by atoms with Gasteiger partial charge in [0.1, 0.15) is 11.8 Å². The van der Waals surface area contributed by atoms with Crippen molar-refractivity contribution in [2.75, 3.05) is 11.5 Å². The van der Waals surface area contributed by atoms with E-state index in [9.17, 15) is 28.2 Å². The molecule has 1 unspecified atom stereocenters. The first-order valence-corrected chi connectivity index (χ1v) is 14.1. The van der Waals surface area contributed by atoms with E-state index in [2.05, 4.69) is 15.3 Å². The van der Waals surface area contributed by atoms with Crippen molar-refractivity contribution in [1.82, 2.24) is 15.3 Å². The second-order valence-corrected chi connectivity index (χ2v) is 11.9. The molecule has 0 radical (unpaired) electrons. The van der Waals surface area contributed by atoms with E-state index < -0.39 is 33.5 Å². The molecule has 2 heterocycles. The molecule has 0 spiro atoms. The molecule has 4 N–H and O–H groups in total. The molecule has 1 amide bonds. The van der Waals surface area contributed by atoms with Crippen LogP contribution in [0.1, 0.15) is 18.4 Å². The molecule has 0 bridgehead atoms. The molecule has 10 heteroatoms. The molecule has 5 rings (SSSR count). The lowest BCUT2D eigenvalue weighted by Gasteiger charge is -2.15. The molecule has 0 saturated heterocycles. The van der Waals surface area contributed by atoms with Gasteiger partial charge in [-0.1, -0.05) is 36.4 Å². The molecule has 2 aromatic carbocycles. The Bertz CT molecular complexity index is 1570. The van der Waals surface area contributed by atoms with Crippen LogP contribution in [0.25, 0.3) is 33.3 Å². The number of aromatic hydroxyl groups is 1. The zero-order valence-corrected chi connectivity index (χ0v) is 21.2. The largest absolute Gasteiger partial charge is 0.507 e. The van der Waals surface area contributed by atoms with Gasteiger partial charge in [-0.15, -0.1) is 0 Å². The maximum absolute atomic E-state index is 12.5. The number of aromatic amines is 1. The van der Waals surface area contributed by atoms with Crippen molar-refractivity contribution >= 4 is 32.6 Å². The maximum atomic E-state index is 12.5. The number of carboxylic acid groups (broad SMARTS) is 1.